The third-order valence-corrected chi connectivity index (χ3v) is 7.41. The van der Waals surface area contributed by atoms with Gasteiger partial charge in [0.05, 0.1) is 35.0 Å². The molecule has 3 fully saturated rings. The summed E-state index contributed by atoms with van der Waals surface area (Å²) in [7, 11) is 0. The van der Waals surface area contributed by atoms with Gasteiger partial charge in [0, 0.05) is 25.7 Å². The number of pyridine rings is 1. The third-order valence-electron chi connectivity index (χ3n) is 7.13. The van der Waals surface area contributed by atoms with Gasteiger partial charge in [0.2, 0.25) is 5.91 Å². The van der Waals surface area contributed by atoms with Gasteiger partial charge in [0.1, 0.15) is 5.82 Å². The summed E-state index contributed by atoms with van der Waals surface area (Å²) in [6.45, 7) is 1.95. The van der Waals surface area contributed by atoms with Crippen LogP contribution < -0.4 is 9.80 Å². The molecule has 32 heavy (non-hydrogen) atoms. The Hall–Kier alpha value is -2.50. The zero-order valence-electron chi connectivity index (χ0n) is 18.0. The van der Waals surface area contributed by atoms with Gasteiger partial charge in [0.15, 0.2) is 0 Å². The molecule has 172 valence electrons. The Morgan fingerprint density at radius 2 is 2.06 bits per heavy atom. The van der Waals surface area contributed by atoms with Crippen molar-refractivity contribution in [2.45, 2.75) is 57.1 Å². The van der Waals surface area contributed by atoms with Crippen LogP contribution in [0.3, 0.4) is 0 Å². The van der Waals surface area contributed by atoms with Crippen LogP contribution in [-0.4, -0.2) is 70.4 Å². The monoisotopic (exact) mass is 460 g/mol. The van der Waals surface area contributed by atoms with E-state index in [0.29, 0.717) is 23.1 Å². The summed E-state index contributed by atoms with van der Waals surface area (Å²) in [5.74, 6) is 3.10. The van der Waals surface area contributed by atoms with Crippen LogP contribution in [0, 0.1) is 17.8 Å². The Balaban J connectivity index is 1.50. The number of amides is 2. The molecule has 0 aromatic carbocycles. The number of hydrogen-bond acceptors (Lipinski definition) is 5. The first-order valence-electron chi connectivity index (χ1n) is 11.2. The van der Waals surface area contributed by atoms with Crippen LogP contribution in [0.25, 0.3) is 0 Å². The Bertz CT molecular complexity index is 927. The molecule has 3 aliphatic rings. The first kappa shape index (κ1) is 22.7. The maximum Gasteiger partial charge on any atom is 0.412 e. The SMILES string of the molecule is C#CCN(C(=O)O)c1cnc(N2CCC[C@]3(CCN(C4CCC(O)CC4)C3=O)C2)c(Cl)c1. The molecule has 1 aromatic rings. The predicted octanol–water partition coefficient (Wildman–Crippen LogP) is 2.98. The van der Waals surface area contributed by atoms with Crippen molar-refractivity contribution in [3.63, 3.8) is 0 Å². The largest absolute Gasteiger partial charge is 0.465 e. The van der Waals surface area contributed by atoms with Gasteiger partial charge in [-0.1, -0.05) is 17.5 Å². The van der Waals surface area contributed by atoms with Crippen molar-refractivity contribution in [2.75, 3.05) is 36.0 Å². The number of anilines is 2. The number of aliphatic hydroxyl groups is 1. The molecule has 2 N–H and O–H groups in total. The second kappa shape index (κ2) is 9.16. The average Bonchev–Trinajstić information content (AvgIpc) is 3.07. The number of aromatic nitrogens is 1. The fourth-order valence-corrected chi connectivity index (χ4v) is 5.70. The molecule has 4 rings (SSSR count). The van der Waals surface area contributed by atoms with Gasteiger partial charge in [-0.05, 0) is 51.0 Å². The minimum atomic E-state index is -1.17. The number of hydrogen-bond donors (Lipinski definition) is 2. The molecule has 3 heterocycles. The van der Waals surface area contributed by atoms with E-state index in [2.05, 4.69) is 10.9 Å². The van der Waals surface area contributed by atoms with Crippen LogP contribution in [0.4, 0.5) is 16.3 Å². The summed E-state index contributed by atoms with van der Waals surface area (Å²) in [6, 6.07) is 1.78. The first-order chi connectivity index (χ1) is 15.3. The van der Waals surface area contributed by atoms with Crippen LogP contribution in [-0.2, 0) is 4.79 Å². The quantitative estimate of drug-likeness (QED) is 0.670. The van der Waals surface area contributed by atoms with E-state index < -0.39 is 11.5 Å². The van der Waals surface area contributed by atoms with Crippen molar-refractivity contribution in [3.8, 4) is 12.3 Å². The molecule has 0 unspecified atom stereocenters. The van der Waals surface area contributed by atoms with Crippen LogP contribution in [0.15, 0.2) is 12.3 Å². The first-order valence-corrected chi connectivity index (χ1v) is 11.6. The lowest BCUT2D eigenvalue weighted by Crippen LogP contribution is -2.50. The summed E-state index contributed by atoms with van der Waals surface area (Å²) in [5, 5.41) is 19.5. The lowest BCUT2D eigenvalue weighted by atomic mass is 9.78. The molecule has 1 aromatic heterocycles. The Labute approximate surface area is 193 Å². The van der Waals surface area contributed by atoms with E-state index in [1.807, 2.05) is 9.80 Å². The summed E-state index contributed by atoms with van der Waals surface area (Å²) in [6.07, 6.45) is 11.1. The van der Waals surface area contributed by atoms with Gasteiger partial charge in [-0.15, -0.1) is 6.42 Å². The van der Waals surface area contributed by atoms with Crippen LogP contribution in [0.5, 0.6) is 0 Å². The van der Waals surface area contributed by atoms with E-state index in [1.165, 1.54) is 6.20 Å². The van der Waals surface area contributed by atoms with Gasteiger partial charge >= 0.3 is 6.09 Å². The van der Waals surface area contributed by atoms with Gasteiger partial charge in [0.25, 0.3) is 0 Å². The van der Waals surface area contributed by atoms with Crippen molar-refractivity contribution in [3.05, 3.63) is 17.3 Å². The normalized spacial score (nSPS) is 28.1. The number of piperidine rings is 1. The summed E-state index contributed by atoms with van der Waals surface area (Å²) < 4.78 is 0. The third kappa shape index (κ3) is 4.24. The summed E-state index contributed by atoms with van der Waals surface area (Å²) in [5.41, 5.74) is -0.118. The molecule has 1 saturated carbocycles. The number of terminal acetylenes is 1. The smallest absolute Gasteiger partial charge is 0.412 e. The molecule has 1 atom stereocenters. The van der Waals surface area contributed by atoms with Crippen molar-refractivity contribution < 1.29 is 19.8 Å². The Morgan fingerprint density at radius 3 is 2.72 bits per heavy atom. The van der Waals surface area contributed by atoms with Crippen LogP contribution >= 0.6 is 11.6 Å². The lowest BCUT2D eigenvalue weighted by molar-refractivity contribution is -0.139. The lowest BCUT2D eigenvalue weighted by Gasteiger charge is -2.41. The Morgan fingerprint density at radius 1 is 1.31 bits per heavy atom. The van der Waals surface area contributed by atoms with Gasteiger partial charge in [-0.25, -0.2) is 9.78 Å². The highest BCUT2D eigenvalue weighted by molar-refractivity contribution is 6.33. The highest BCUT2D eigenvalue weighted by atomic mass is 35.5. The standard InChI is InChI=1S/C23H29ClN4O4/c1-2-10-28(22(31)32)17-13-19(24)20(25-14-17)26-11-3-8-23(15-26)9-12-27(21(23)30)16-4-6-18(29)7-5-16/h1,13-14,16,18,29H,3-12,15H2,(H,31,32)/t16?,18?,23-/m0/s1. The van der Waals surface area contributed by atoms with E-state index in [-0.39, 0.29) is 24.6 Å². The average molecular weight is 461 g/mol. The maximum absolute atomic E-state index is 13.5. The van der Waals surface area contributed by atoms with Crippen LogP contribution in [0.2, 0.25) is 5.02 Å². The van der Waals surface area contributed by atoms with E-state index in [9.17, 15) is 19.8 Å². The van der Waals surface area contributed by atoms with Gasteiger partial charge < -0.3 is 20.0 Å². The van der Waals surface area contributed by atoms with Crippen molar-refractivity contribution in [1.29, 1.82) is 0 Å². The highest BCUT2D eigenvalue weighted by Gasteiger charge is 2.51. The number of rotatable bonds is 4. The number of carbonyl (C=O) groups excluding carboxylic acids is 1. The molecule has 1 aliphatic carbocycles. The number of halogens is 1. The van der Waals surface area contributed by atoms with E-state index in [1.54, 1.807) is 6.07 Å². The minimum Gasteiger partial charge on any atom is -0.465 e. The van der Waals surface area contributed by atoms with E-state index in [4.69, 9.17) is 18.0 Å². The molecule has 8 nitrogen and oxygen atoms in total. The van der Waals surface area contributed by atoms with Crippen LogP contribution in [0.1, 0.15) is 44.9 Å². The molecule has 9 heteroatoms. The zero-order chi connectivity index (χ0) is 22.9. The summed E-state index contributed by atoms with van der Waals surface area (Å²) >= 11 is 6.51. The second-order valence-corrected chi connectivity index (χ2v) is 9.50. The number of carboxylic acid groups (broad SMARTS) is 1. The molecule has 2 aliphatic heterocycles. The van der Waals surface area contributed by atoms with Crippen molar-refractivity contribution in [2.24, 2.45) is 5.41 Å². The highest BCUT2D eigenvalue weighted by Crippen LogP contribution is 2.44. The molecule has 0 radical (unpaired) electrons. The molecule has 0 bridgehead atoms. The van der Waals surface area contributed by atoms with E-state index in [0.717, 1.165) is 62.9 Å². The molecule has 2 saturated heterocycles. The van der Waals surface area contributed by atoms with Gasteiger partial charge in [-0.2, -0.15) is 0 Å². The zero-order valence-corrected chi connectivity index (χ0v) is 18.8. The van der Waals surface area contributed by atoms with Crippen molar-refractivity contribution >= 4 is 35.1 Å². The number of likely N-dealkylation sites (tertiary alicyclic amines) is 1. The number of carbonyl (C=O) groups is 2. The van der Waals surface area contributed by atoms with E-state index >= 15 is 0 Å². The molecule has 2 amide bonds. The number of nitrogens with zero attached hydrogens (tertiary/aromatic N) is 4. The topological polar surface area (TPSA) is 97.2 Å². The molecular weight excluding hydrogens is 432 g/mol. The maximum atomic E-state index is 13.5. The Kier molecular flexibility index (Phi) is 6.50. The molecular formula is C23H29ClN4O4. The van der Waals surface area contributed by atoms with Crippen molar-refractivity contribution in [1.82, 2.24) is 9.88 Å². The minimum absolute atomic E-state index is 0.0952. The fourth-order valence-electron chi connectivity index (χ4n) is 5.42. The van der Waals surface area contributed by atoms with Gasteiger partial charge in [-0.3, -0.25) is 9.69 Å². The molecule has 1 spiro atoms. The second-order valence-electron chi connectivity index (χ2n) is 9.09. The summed E-state index contributed by atoms with van der Waals surface area (Å²) in [4.78, 5) is 34.5. The fraction of sp³-hybridized carbons (Fsp3) is 0.609. The number of aliphatic hydroxyl groups excluding tert-OH is 1. The predicted molar refractivity (Wildman–Crippen MR) is 122 cm³/mol.